The molecule has 2 aliphatic rings. The molecule has 42 heavy (non-hydrogen) atoms. The summed E-state index contributed by atoms with van der Waals surface area (Å²) < 4.78 is 18.8. The molecule has 0 spiro atoms. The summed E-state index contributed by atoms with van der Waals surface area (Å²) in [6.45, 7) is 0.128. The predicted octanol–water partition coefficient (Wildman–Crippen LogP) is 6.85. The van der Waals surface area contributed by atoms with Crippen molar-refractivity contribution in [3.05, 3.63) is 105 Å². The van der Waals surface area contributed by atoms with E-state index in [0.717, 1.165) is 24.8 Å². The number of likely N-dealkylation sites (tertiary alicyclic amines) is 1. The summed E-state index contributed by atoms with van der Waals surface area (Å²) in [6.07, 6.45) is 4.33. The van der Waals surface area contributed by atoms with Crippen LogP contribution in [0.5, 0.6) is 0 Å². The predicted molar refractivity (Wildman–Crippen MR) is 159 cm³/mol. The molecule has 0 aromatic heterocycles. The fourth-order valence-corrected chi connectivity index (χ4v) is 6.78. The second-order valence-electron chi connectivity index (χ2n) is 11.0. The molecule has 220 valence electrons. The molecule has 1 N–H and O–H groups in total. The van der Waals surface area contributed by atoms with Gasteiger partial charge in [-0.2, -0.15) is 0 Å². The van der Waals surface area contributed by atoms with E-state index >= 15 is 0 Å². The minimum atomic E-state index is -1.02. The zero-order valence-electron chi connectivity index (χ0n) is 23.3. The third kappa shape index (κ3) is 6.18. The second-order valence-corrected chi connectivity index (χ2v) is 11.8. The van der Waals surface area contributed by atoms with Crippen LogP contribution in [0.4, 0.5) is 4.39 Å². The minimum Gasteiger partial charge on any atom is -0.469 e. The molecule has 4 unspecified atom stereocenters. The van der Waals surface area contributed by atoms with Gasteiger partial charge in [-0.1, -0.05) is 91.0 Å². The molecule has 5 rings (SSSR count). The van der Waals surface area contributed by atoms with Crippen molar-refractivity contribution in [1.29, 1.82) is 0 Å². The lowest BCUT2D eigenvalue weighted by molar-refractivity contribution is -0.149. The second kappa shape index (κ2) is 13.3. The number of hydrogen-bond acceptors (Lipinski definition) is 4. The number of carbonyl (C=O) groups excluding carboxylic acids is 3. The summed E-state index contributed by atoms with van der Waals surface area (Å²) in [6, 6.07) is 18.3. The van der Waals surface area contributed by atoms with Crippen molar-refractivity contribution in [1.82, 2.24) is 10.2 Å². The molecule has 2 fully saturated rings. The van der Waals surface area contributed by atoms with Crippen LogP contribution >= 0.6 is 23.2 Å². The van der Waals surface area contributed by atoms with Crippen molar-refractivity contribution in [3.8, 4) is 0 Å². The number of nitrogens with zero attached hydrogens (tertiary/aromatic N) is 1. The van der Waals surface area contributed by atoms with Gasteiger partial charge >= 0.3 is 5.97 Å². The van der Waals surface area contributed by atoms with Crippen LogP contribution in [0.15, 0.2) is 72.8 Å². The van der Waals surface area contributed by atoms with Crippen LogP contribution in [0.1, 0.15) is 60.8 Å². The third-order valence-corrected chi connectivity index (χ3v) is 9.21. The van der Waals surface area contributed by atoms with Gasteiger partial charge in [-0.15, -0.1) is 0 Å². The SMILES string of the molecule is COC(=O)C1C(c2ccccc2)C(C(=O)NCc2ccc(F)cc2)N(C(=O)C2CCCCC2)C1c1ccc(Cl)c(Cl)c1. The first-order valence-electron chi connectivity index (χ1n) is 14.2. The van der Waals surface area contributed by atoms with Crippen molar-refractivity contribution in [2.45, 2.75) is 56.7 Å². The largest absolute Gasteiger partial charge is 0.469 e. The molecule has 6 nitrogen and oxygen atoms in total. The van der Waals surface area contributed by atoms with Crippen LogP contribution in [-0.2, 0) is 25.7 Å². The first-order chi connectivity index (χ1) is 20.3. The topological polar surface area (TPSA) is 75.7 Å². The van der Waals surface area contributed by atoms with Crippen LogP contribution in [0, 0.1) is 17.7 Å². The number of esters is 1. The van der Waals surface area contributed by atoms with Crippen LogP contribution in [0.3, 0.4) is 0 Å². The molecule has 0 bridgehead atoms. The van der Waals surface area contributed by atoms with Gasteiger partial charge < -0.3 is 15.0 Å². The summed E-state index contributed by atoms with van der Waals surface area (Å²) >= 11 is 12.7. The molecule has 1 heterocycles. The molecule has 3 aromatic rings. The molecule has 1 aliphatic heterocycles. The fraction of sp³-hybridized carbons (Fsp3) is 0.364. The van der Waals surface area contributed by atoms with Gasteiger partial charge in [-0.25, -0.2) is 4.39 Å². The van der Waals surface area contributed by atoms with Crippen molar-refractivity contribution in [2.24, 2.45) is 11.8 Å². The zero-order chi connectivity index (χ0) is 29.8. The highest BCUT2D eigenvalue weighted by atomic mass is 35.5. The summed E-state index contributed by atoms with van der Waals surface area (Å²) in [4.78, 5) is 44.0. The highest BCUT2D eigenvalue weighted by Crippen LogP contribution is 2.52. The molecule has 0 radical (unpaired) electrons. The number of amides is 2. The molecule has 9 heteroatoms. The van der Waals surface area contributed by atoms with Crippen molar-refractivity contribution in [3.63, 3.8) is 0 Å². The summed E-state index contributed by atoms with van der Waals surface area (Å²) in [7, 11) is 1.31. The monoisotopic (exact) mass is 610 g/mol. The van der Waals surface area contributed by atoms with E-state index in [9.17, 15) is 18.8 Å². The molecule has 1 saturated carbocycles. The lowest BCUT2D eigenvalue weighted by atomic mass is 9.80. The Bertz CT molecular complexity index is 1430. The van der Waals surface area contributed by atoms with Crippen LogP contribution in [-0.4, -0.2) is 35.8 Å². The summed E-state index contributed by atoms with van der Waals surface area (Å²) in [5.74, 6) is -3.37. The van der Waals surface area contributed by atoms with E-state index < -0.39 is 35.8 Å². The molecule has 4 atom stereocenters. The lowest BCUT2D eigenvalue weighted by Gasteiger charge is -2.35. The molecule has 1 saturated heterocycles. The Morgan fingerprint density at radius 3 is 2.24 bits per heavy atom. The molecule has 1 aliphatic carbocycles. The average Bonchev–Trinajstić information content (AvgIpc) is 3.38. The Morgan fingerprint density at radius 1 is 0.905 bits per heavy atom. The van der Waals surface area contributed by atoms with Crippen molar-refractivity contribution in [2.75, 3.05) is 7.11 Å². The Morgan fingerprint density at radius 2 is 1.60 bits per heavy atom. The number of carbonyl (C=O) groups is 3. The van der Waals surface area contributed by atoms with E-state index in [-0.39, 0.29) is 29.2 Å². The van der Waals surface area contributed by atoms with E-state index in [0.29, 0.717) is 29.0 Å². The maximum absolute atomic E-state index is 14.5. The van der Waals surface area contributed by atoms with Gasteiger partial charge in [0, 0.05) is 18.4 Å². The maximum Gasteiger partial charge on any atom is 0.311 e. The fourth-order valence-electron chi connectivity index (χ4n) is 6.47. The van der Waals surface area contributed by atoms with E-state index in [2.05, 4.69) is 5.32 Å². The molecular weight excluding hydrogens is 578 g/mol. The van der Waals surface area contributed by atoms with Gasteiger partial charge in [-0.3, -0.25) is 14.4 Å². The van der Waals surface area contributed by atoms with Gasteiger partial charge in [0.2, 0.25) is 11.8 Å². The van der Waals surface area contributed by atoms with Gasteiger partial charge in [-0.05, 0) is 53.8 Å². The number of hydrogen-bond donors (Lipinski definition) is 1. The summed E-state index contributed by atoms with van der Waals surface area (Å²) in [5.41, 5.74) is 2.03. The normalized spacial score (nSPS) is 22.5. The first kappa shape index (κ1) is 30.1. The van der Waals surface area contributed by atoms with Crippen LogP contribution in [0.25, 0.3) is 0 Å². The summed E-state index contributed by atoms with van der Waals surface area (Å²) in [5, 5.41) is 3.58. The molecule has 3 aromatic carbocycles. The van der Waals surface area contributed by atoms with E-state index in [1.54, 1.807) is 35.2 Å². The molecule has 2 amide bonds. The highest BCUT2D eigenvalue weighted by molar-refractivity contribution is 6.42. The van der Waals surface area contributed by atoms with Crippen LogP contribution < -0.4 is 5.32 Å². The zero-order valence-corrected chi connectivity index (χ0v) is 24.8. The third-order valence-electron chi connectivity index (χ3n) is 8.47. The van der Waals surface area contributed by atoms with E-state index in [4.69, 9.17) is 27.9 Å². The smallest absolute Gasteiger partial charge is 0.311 e. The lowest BCUT2D eigenvalue weighted by Crippen LogP contribution is -2.50. The Hall–Kier alpha value is -3.42. The van der Waals surface area contributed by atoms with Gasteiger partial charge in [0.05, 0.1) is 29.1 Å². The molecular formula is C33H33Cl2FN2O4. The number of benzene rings is 3. The first-order valence-corrected chi connectivity index (χ1v) is 15.0. The Labute approximate surface area is 255 Å². The standard InChI is InChI=1S/C33H33Cl2FN2O4/c1-42-33(41)28-27(21-8-4-2-5-9-21)30(31(39)37-19-20-12-15-24(36)16-13-20)38(32(40)22-10-6-3-7-11-22)29(28)23-14-17-25(34)26(35)18-23/h2,4-5,8-9,12-18,22,27-30H,3,6-7,10-11,19H2,1H3,(H,37,39). The number of nitrogens with one attached hydrogen (secondary N) is 1. The number of ether oxygens (including phenoxy) is 1. The maximum atomic E-state index is 14.5. The van der Waals surface area contributed by atoms with Gasteiger partial charge in [0.25, 0.3) is 0 Å². The Balaban J connectivity index is 1.65. The highest BCUT2D eigenvalue weighted by Gasteiger charge is 2.58. The van der Waals surface area contributed by atoms with E-state index in [1.165, 1.54) is 19.2 Å². The van der Waals surface area contributed by atoms with E-state index in [1.807, 2.05) is 30.3 Å². The number of methoxy groups -OCH3 is 1. The number of rotatable bonds is 7. The van der Waals surface area contributed by atoms with Crippen LogP contribution in [0.2, 0.25) is 10.0 Å². The number of halogens is 3. The minimum absolute atomic E-state index is 0.128. The van der Waals surface area contributed by atoms with Gasteiger partial charge in [0.15, 0.2) is 0 Å². The van der Waals surface area contributed by atoms with Crippen molar-refractivity contribution >= 4 is 41.0 Å². The van der Waals surface area contributed by atoms with Gasteiger partial charge in [0.1, 0.15) is 11.9 Å². The Kier molecular flexibility index (Phi) is 9.49. The quantitative estimate of drug-likeness (QED) is 0.297. The average molecular weight is 612 g/mol. The van der Waals surface area contributed by atoms with Crippen molar-refractivity contribution < 1.29 is 23.5 Å².